The summed E-state index contributed by atoms with van der Waals surface area (Å²) in [5.74, 6) is -0.219. The predicted octanol–water partition coefficient (Wildman–Crippen LogP) is 5.09. The van der Waals surface area contributed by atoms with Gasteiger partial charge in [0.05, 0.1) is 42.9 Å². The van der Waals surface area contributed by atoms with Crippen LogP contribution >= 0.6 is 34.8 Å². The van der Waals surface area contributed by atoms with Gasteiger partial charge in [-0.1, -0.05) is 40.0 Å². The number of nitrogens with zero attached hydrogens (tertiary/aromatic N) is 5. The van der Waals surface area contributed by atoms with Crippen molar-refractivity contribution >= 4 is 62.0 Å². The topological polar surface area (TPSA) is 85.8 Å². The van der Waals surface area contributed by atoms with Crippen LogP contribution in [0.5, 0.6) is 5.75 Å². The van der Waals surface area contributed by atoms with Crippen molar-refractivity contribution in [1.82, 2.24) is 24.4 Å². The maximum atomic E-state index is 13.1. The van der Waals surface area contributed by atoms with Crippen LogP contribution in [-0.4, -0.2) is 65.7 Å². The highest BCUT2D eigenvalue weighted by atomic mass is 35.5. The number of rotatable bonds is 4. The Balaban J connectivity index is 1.41. The average Bonchev–Trinajstić information content (AvgIpc) is 3.46. The Morgan fingerprint density at radius 1 is 1.11 bits per heavy atom. The van der Waals surface area contributed by atoms with Crippen LogP contribution in [0.15, 0.2) is 35.1 Å². The van der Waals surface area contributed by atoms with Crippen molar-refractivity contribution in [3.05, 3.63) is 51.2 Å². The molecule has 3 aromatic heterocycles. The van der Waals surface area contributed by atoms with Crippen LogP contribution in [0.2, 0.25) is 20.3 Å². The molecule has 1 aliphatic heterocycles. The van der Waals surface area contributed by atoms with Crippen molar-refractivity contribution in [2.45, 2.75) is 23.9 Å². The second-order valence-electron chi connectivity index (χ2n) is 8.79. The number of piperidine rings is 1. The smallest absolute Gasteiger partial charge is 0.417 e. The Labute approximate surface area is 230 Å². The number of aromatic nitrogens is 4. The molecule has 1 aromatic carbocycles. The van der Waals surface area contributed by atoms with Gasteiger partial charge < -0.3 is 18.6 Å². The molecular formula is C22H13B2Cl3F3N5O3. The number of amides is 1. The number of halogens is 6. The summed E-state index contributed by atoms with van der Waals surface area (Å²) in [5.41, 5.74) is -0.478. The minimum absolute atomic E-state index is 0.0449. The Morgan fingerprint density at radius 3 is 2.53 bits per heavy atom. The highest BCUT2D eigenvalue weighted by Crippen LogP contribution is 2.39. The first-order valence-corrected chi connectivity index (χ1v) is 12.0. The first-order chi connectivity index (χ1) is 17.7. The lowest BCUT2D eigenvalue weighted by Crippen LogP contribution is -2.51. The van der Waals surface area contributed by atoms with Crippen molar-refractivity contribution in [3.8, 4) is 28.7 Å². The SMILES string of the molecule is [B]C1([B])C[C@@H](Oc2cc(Cl)c(-c3noc(-c4cn5cc(C(F)(F)F)cc(Cl)c5n4)n3)cc2Cl)CN(C)C1=O. The molecule has 0 bridgehead atoms. The maximum Gasteiger partial charge on any atom is 0.417 e. The molecule has 1 aliphatic rings. The van der Waals surface area contributed by atoms with Gasteiger partial charge in [-0.25, -0.2) is 4.98 Å². The fourth-order valence-corrected chi connectivity index (χ4v) is 4.78. The molecule has 192 valence electrons. The zero-order chi connectivity index (χ0) is 27.6. The summed E-state index contributed by atoms with van der Waals surface area (Å²) in [7, 11) is 13.3. The van der Waals surface area contributed by atoms with Gasteiger partial charge in [-0.2, -0.15) is 18.2 Å². The van der Waals surface area contributed by atoms with Gasteiger partial charge in [-0.3, -0.25) is 4.79 Å². The first-order valence-electron chi connectivity index (χ1n) is 10.8. The van der Waals surface area contributed by atoms with Crippen molar-refractivity contribution in [1.29, 1.82) is 0 Å². The lowest BCUT2D eigenvalue weighted by molar-refractivity contribution is -0.138. The van der Waals surface area contributed by atoms with E-state index < -0.39 is 29.0 Å². The molecule has 38 heavy (non-hydrogen) atoms. The van der Waals surface area contributed by atoms with Crippen LogP contribution in [0.25, 0.3) is 28.6 Å². The lowest BCUT2D eigenvalue weighted by atomic mass is 9.50. The summed E-state index contributed by atoms with van der Waals surface area (Å²) >= 11 is 18.9. The number of pyridine rings is 1. The fourth-order valence-electron chi connectivity index (χ4n) is 4.07. The molecule has 1 atom stereocenters. The molecule has 0 N–H and O–H groups in total. The Morgan fingerprint density at radius 2 is 1.84 bits per heavy atom. The second-order valence-corrected chi connectivity index (χ2v) is 10.0. The van der Waals surface area contributed by atoms with E-state index in [1.54, 1.807) is 7.05 Å². The van der Waals surface area contributed by atoms with Gasteiger partial charge in [0.1, 0.15) is 17.5 Å². The normalized spacial score (nSPS) is 17.8. The van der Waals surface area contributed by atoms with E-state index in [0.29, 0.717) is 5.56 Å². The molecule has 4 heterocycles. The van der Waals surface area contributed by atoms with Crippen LogP contribution in [0.4, 0.5) is 13.2 Å². The van der Waals surface area contributed by atoms with Crippen molar-refractivity contribution in [2.24, 2.45) is 0 Å². The molecule has 16 heteroatoms. The molecular weight excluding hydrogens is 567 g/mol. The number of hydrogen-bond acceptors (Lipinski definition) is 6. The molecule has 4 radical (unpaired) electrons. The van der Waals surface area contributed by atoms with E-state index in [-0.39, 0.29) is 56.8 Å². The molecule has 0 saturated carbocycles. The average molecular weight is 580 g/mol. The molecule has 1 amide bonds. The highest BCUT2D eigenvalue weighted by Gasteiger charge is 2.39. The monoisotopic (exact) mass is 579 g/mol. The number of likely N-dealkylation sites (N-methyl/N-ethyl adjacent to an activating group) is 1. The van der Waals surface area contributed by atoms with E-state index in [0.717, 1.165) is 16.7 Å². The van der Waals surface area contributed by atoms with E-state index in [4.69, 9.17) is 59.8 Å². The lowest BCUT2D eigenvalue weighted by Gasteiger charge is -2.40. The highest BCUT2D eigenvalue weighted by molar-refractivity contribution is 6.50. The number of ether oxygens (including phenoxy) is 1. The molecule has 0 spiro atoms. The Bertz CT molecular complexity index is 1580. The third-order valence-electron chi connectivity index (χ3n) is 5.82. The first kappa shape index (κ1) is 26.7. The summed E-state index contributed by atoms with van der Waals surface area (Å²) in [6.07, 6.45) is -2.94. The van der Waals surface area contributed by atoms with Crippen LogP contribution in [0.3, 0.4) is 0 Å². The van der Waals surface area contributed by atoms with Crippen molar-refractivity contribution < 1.29 is 27.2 Å². The zero-order valence-corrected chi connectivity index (χ0v) is 21.5. The second kappa shape index (κ2) is 9.39. The summed E-state index contributed by atoms with van der Waals surface area (Å²) < 4.78 is 51.7. The maximum absolute atomic E-state index is 13.1. The molecule has 1 saturated heterocycles. The minimum Gasteiger partial charge on any atom is -0.487 e. The van der Waals surface area contributed by atoms with Gasteiger partial charge in [0.2, 0.25) is 11.7 Å². The fraction of sp³-hybridized carbons (Fsp3) is 0.273. The van der Waals surface area contributed by atoms with Crippen LogP contribution in [0, 0.1) is 0 Å². The summed E-state index contributed by atoms with van der Waals surface area (Å²) in [6, 6.07) is 3.69. The molecule has 4 aromatic rings. The minimum atomic E-state index is -4.59. The standard InChI is InChI=1S/C22H13B2Cl3F3N5O3/c1-34-7-10(5-21(23,24)20(34)36)37-16-4-12(25)11(3-13(16)26)17-32-19(38-33-17)15-8-35-6-9(22(28,29)30)2-14(27)18(35)31-15/h2-4,6,8,10H,5,7H2,1H3/t10-/m1/s1. The molecule has 1 fully saturated rings. The zero-order valence-electron chi connectivity index (χ0n) is 19.3. The number of likely N-dealkylation sites (tertiary alicyclic amines) is 1. The Hall–Kier alpha value is -2.89. The quantitative estimate of drug-likeness (QED) is 0.313. The van der Waals surface area contributed by atoms with E-state index in [1.165, 1.54) is 23.2 Å². The number of hydrogen-bond donors (Lipinski definition) is 0. The molecule has 5 rings (SSSR count). The largest absolute Gasteiger partial charge is 0.487 e. The number of alkyl halides is 3. The van der Waals surface area contributed by atoms with E-state index in [9.17, 15) is 18.0 Å². The predicted molar refractivity (Wildman–Crippen MR) is 135 cm³/mol. The van der Waals surface area contributed by atoms with Gasteiger partial charge in [-0.15, -0.1) is 0 Å². The third-order valence-corrected chi connectivity index (χ3v) is 6.71. The number of imidazole rings is 1. The Kier molecular flexibility index (Phi) is 6.60. The van der Waals surface area contributed by atoms with E-state index in [1.807, 2.05) is 0 Å². The van der Waals surface area contributed by atoms with Crippen LogP contribution in [-0.2, 0) is 11.0 Å². The van der Waals surface area contributed by atoms with Gasteiger partial charge >= 0.3 is 6.18 Å². The van der Waals surface area contributed by atoms with Crippen LogP contribution in [0.1, 0.15) is 12.0 Å². The summed E-state index contributed by atoms with van der Waals surface area (Å²) in [5, 5.41) is 2.43. The van der Waals surface area contributed by atoms with Crippen molar-refractivity contribution in [2.75, 3.05) is 13.6 Å². The third kappa shape index (κ3) is 4.94. The van der Waals surface area contributed by atoms with E-state index in [2.05, 4.69) is 15.1 Å². The number of carbonyl (C=O) groups is 1. The summed E-state index contributed by atoms with van der Waals surface area (Å²) in [6.45, 7) is 0.242. The molecule has 8 nitrogen and oxygen atoms in total. The van der Waals surface area contributed by atoms with Gasteiger partial charge in [0, 0.05) is 31.1 Å². The van der Waals surface area contributed by atoms with Crippen molar-refractivity contribution in [3.63, 3.8) is 0 Å². The van der Waals surface area contributed by atoms with Gasteiger partial charge in [-0.05, 0) is 23.8 Å². The van der Waals surface area contributed by atoms with Gasteiger partial charge in [0.25, 0.3) is 5.89 Å². The number of benzene rings is 1. The van der Waals surface area contributed by atoms with Crippen LogP contribution < -0.4 is 4.74 Å². The summed E-state index contributed by atoms with van der Waals surface area (Å²) in [4.78, 5) is 21.9. The molecule has 0 unspecified atom stereocenters. The number of fused-ring (bicyclic) bond motifs is 1. The number of carbonyl (C=O) groups excluding carboxylic acids is 1. The molecule has 0 aliphatic carbocycles. The van der Waals surface area contributed by atoms with Gasteiger partial charge in [0.15, 0.2) is 5.65 Å². The van der Waals surface area contributed by atoms with E-state index >= 15 is 0 Å².